The Bertz CT molecular complexity index is 911. The van der Waals surface area contributed by atoms with Crippen LogP contribution in [-0.2, 0) is 13.2 Å². The fraction of sp³-hybridized carbons (Fsp3) is 0.182. The van der Waals surface area contributed by atoms with Crippen LogP contribution in [0.15, 0.2) is 60.7 Å². The maximum absolute atomic E-state index is 6.46. The molecule has 3 rings (SSSR count). The lowest BCUT2D eigenvalue weighted by molar-refractivity contribution is 0.284. The van der Waals surface area contributed by atoms with Gasteiger partial charge in [0, 0.05) is 22.8 Å². The monoisotopic (exact) mass is 401 g/mol. The Morgan fingerprint density at radius 3 is 2.37 bits per heavy atom. The molecule has 0 spiro atoms. The highest BCUT2D eigenvalue weighted by Gasteiger charge is 2.13. The van der Waals surface area contributed by atoms with E-state index in [1.54, 1.807) is 7.11 Å². The maximum Gasteiger partial charge on any atom is 0.180 e. The first-order valence-electron chi connectivity index (χ1n) is 8.60. The Hall–Kier alpha value is -2.36. The van der Waals surface area contributed by atoms with Crippen molar-refractivity contribution in [3.8, 4) is 11.5 Å². The number of halogens is 2. The molecule has 0 aliphatic carbocycles. The van der Waals surface area contributed by atoms with E-state index in [1.807, 2.05) is 36.4 Å². The van der Waals surface area contributed by atoms with Crippen molar-refractivity contribution in [3.63, 3.8) is 0 Å². The van der Waals surface area contributed by atoms with Crippen molar-refractivity contribution in [3.05, 3.63) is 87.4 Å². The molecule has 5 heteroatoms. The lowest BCUT2D eigenvalue weighted by Crippen LogP contribution is -2.03. The minimum absolute atomic E-state index is 0.316. The number of hydrogen-bond donors (Lipinski definition) is 1. The minimum atomic E-state index is 0.316. The second-order valence-electron chi connectivity index (χ2n) is 6.21. The number of nitrogens with one attached hydrogen (secondary N) is 1. The van der Waals surface area contributed by atoms with Crippen molar-refractivity contribution in [1.82, 2.24) is 0 Å². The summed E-state index contributed by atoms with van der Waals surface area (Å²) in [4.78, 5) is 0. The Kier molecular flexibility index (Phi) is 6.49. The van der Waals surface area contributed by atoms with E-state index in [4.69, 9.17) is 32.7 Å². The first kappa shape index (κ1) is 19.4. The number of hydrogen-bond acceptors (Lipinski definition) is 3. The average Bonchev–Trinajstić information content (AvgIpc) is 2.67. The number of ether oxygens (including phenoxy) is 2. The lowest BCUT2D eigenvalue weighted by Gasteiger charge is -2.15. The van der Waals surface area contributed by atoms with Gasteiger partial charge in [-0.15, -0.1) is 0 Å². The van der Waals surface area contributed by atoms with Crippen molar-refractivity contribution in [2.75, 3.05) is 12.4 Å². The van der Waals surface area contributed by atoms with Crippen molar-refractivity contribution in [1.29, 1.82) is 0 Å². The van der Waals surface area contributed by atoms with E-state index in [0.717, 1.165) is 16.8 Å². The third-order valence-electron chi connectivity index (χ3n) is 4.17. The minimum Gasteiger partial charge on any atom is -0.493 e. The molecule has 3 nitrogen and oxygen atoms in total. The van der Waals surface area contributed by atoms with Gasteiger partial charge in [-0.1, -0.05) is 59.1 Å². The van der Waals surface area contributed by atoms with Crippen LogP contribution in [-0.4, -0.2) is 7.11 Å². The number of rotatable bonds is 7. The highest BCUT2D eigenvalue weighted by Crippen LogP contribution is 2.37. The van der Waals surface area contributed by atoms with Gasteiger partial charge in [0.15, 0.2) is 11.5 Å². The predicted octanol–water partition coefficient (Wildman–Crippen LogP) is 6.50. The van der Waals surface area contributed by atoms with Gasteiger partial charge in [0.05, 0.1) is 12.1 Å². The number of methoxy groups -OCH3 is 1. The van der Waals surface area contributed by atoms with Gasteiger partial charge in [0.2, 0.25) is 0 Å². The molecule has 27 heavy (non-hydrogen) atoms. The molecular weight excluding hydrogens is 381 g/mol. The van der Waals surface area contributed by atoms with Gasteiger partial charge in [-0.2, -0.15) is 0 Å². The van der Waals surface area contributed by atoms with Crippen LogP contribution in [0.5, 0.6) is 11.5 Å². The molecule has 0 unspecified atom stereocenters. The quantitative estimate of drug-likeness (QED) is 0.489. The van der Waals surface area contributed by atoms with Crippen molar-refractivity contribution in [2.45, 2.75) is 20.1 Å². The predicted molar refractivity (Wildman–Crippen MR) is 112 cm³/mol. The van der Waals surface area contributed by atoms with E-state index in [-0.39, 0.29) is 0 Å². The molecule has 3 aromatic rings. The standard InChI is InChI=1S/C22H21Cl2NO2/c1-15-7-9-18(10-8-15)25-13-16-11-20(24)22(21(12-16)26-2)27-14-17-5-3-4-6-19(17)23/h3-12,25H,13-14H2,1-2H3. The lowest BCUT2D eigenvalue weighted by atomic mass is 10.1. The summed E-state index contributed by atoms with van der Waals surface area (Å²) in [5.74, 6) is 1.11. The van der Waals surface area contributed by atoms with Crippen molar-refractivity contribution < 1.29 is 9.47 Å². The van der Waals surface area contributed by atoms with Crippen molar-refractivity contribution >= 4 is 28.9 Å². The largest absolute Gasteiger partial charge is 0.493 e. The van der Waals surface area contributed by atoms with Crippen LogP contribution in [0, 0.1) is 6.92 Å². The summed E-state index contributed by atoms with van der Waals surface area (Å²) in [7, 11) is 1.60. The Morgan fingerprint density at radius 1 is 0.926 bits per heavy atom. The van der Waals surface area contributed by atoms with Crippen LogP contribution in [0.4, 0.5) is 5.69 Å². The number of benzene rings is 3. The second kappa shape index (κ2) is 9.03. The third-order valence-corrected chi connectivity index (χ3v) is 4.82. The normalized spacial score (nSPS) is 10.5. The molecular formula is C22H21Cl2NO2. The molecule has 1 N–H and O–H groups in total. The van der Waals surface area contributed by atoms with E-state index in [2.05, 4.69) is 36.5 Å². The fourth-order valence-corrected chi connectivity index (χ4v) is 3.13. The third kappa shape index (κ3) is 5.09. The van der Waals surface area contributed by atoms with Crippen LogP contribution in [0.2, 0.25) is 10.0 Å². The Balaban J connectivity index is 1.72. The van der Waals surface area contributed by atoms with Gasteiger partial charge in [0.25, 0.3) is 0 Å². The van der Waals surface area contributed by atoms with Crippen LogP contribution in [0.1, 0.15) is 16.7 Å². The van der Waals surface area contributed by atoms with E-state index in [0.29, 0.717) is 34.7 Å². The van der Waals surface area contributed by atoms with Gasteiger partial charge in [-0.25, -0.2) is 0 Å². The summed E-state index contributed by atoms with van der Waals surface area (Å²) in [5.41, 5.74) is 4.17. The van der Waals surface area contributed by atoms with Gasteiger partial charge >= 0.3 is 0 Å². The van der Waals surface area contributed by atoms with Gasteiger partial charge in [-0.05, 0) is 42.8 Å². The summed E-state index contributed by atoms with van der Waals surface area (Å²) < 4.78 is 11.4. The van der Waals surface area contributed by atoms with Crippen LogP contribution in [0.25, 0.3) is 0 Å². The van der Waals surface area contributed by atoms with Crippen LogP contribution >= 0.6 is 23.2 Å². The van der Waals surface area contributed by atoms with E-state index in [9.17, 15) is 0 Å². The Morgan fingerprint density at radius 2 is 1.67 bits per heavy atom. The molecule has 0 radical (unpaired) electrons. The first-order chi connectivity index (χ1) is 13.1. The van der Waals surface area contributed by atoms with Crippen LogP contribution < -0.4 is 14.8 Å². The molecule has 0 atom stereocenters. The molecule has 0 fully saturated rings. The topological polar surface area (TPSA) is 30.5 Å². The molecule has 0 aliphatic rings. The van der Waals surface area contributed by atoms with E-state index >= 15 is 0 Å². The summed E-state index contributed by atoms with van der Waals surface area (Å²) in [5, 5.41) is 4.54. The highest BCUT2D eigenvalue weighted by molar-refractivity contribution is 6.32. The van der Waals surface area contributed by atoms with E-state index < -0.39 is 0 Å². The molecule has 0 bridgehead atoms. The summed E-state index contributed by atoms with van der Waals surface area (Å²) in [6, 6.07) is 19.6. The van der Waals surface area contributed by atoms with Gasteiger partial charge < -0.3 is 14.8 Å². The summed E-state index contributed by atoms with van der Waals surface area (Å²) >= 11 is 12.6. The van der Waals surface area contributed by atoms with Crippen LogP contribution in [0.3, 0.4) is 0 Å². The van der Waals surface area contributed by atoms with E-state index in [1.165, 1.54) is 5.56 Å². The highest BCUT2D eigenvalue weighted by atomic mass is 35.5. The maximum atomic E-state index is 6.46. The molecule has 0 saturated carbocycles. The summed E-state index contributed by atoms with van der Waals surface area (Å²) in [6.45, 7) is 3.01. The van der Waals surface area contributed by atoms with Gasteiger partial charge in [0.1, 0.15) is 6.61 Å². The molecule has 0 saturated heterocycles. The Labute approximate surface area is 169 Å². The molecule has 3 aromatic carbocycles. The number of aryl methyl sites for hydroxylation is 1. The zero-order valence-corrected chi connectivity index (χ0v) is 16.8. The molecule has 0 amide bonds. The smallest absolute Gasteiger partial charge is 0.180 e. The van der Waals surface area contributed by atoms with Gasteiger partial charge in [-0.3, -0.25) is 0 Å². The first-order valence-corrected chi connectivity index (χ1v) is 9.35. The SMILES string of the molecule is COc1cc(CNc2ccc(C)cc2)cc(Cl)c1OCc1ccccc1Cl. The molecule has 0 aromatic heterocycles. The zero-order valence-electron chi connectivity index (χ0n) is 15.3. The fourth-order valence-electron chi connectivity index (χ4n) is 2.66. The molecule has 140 valence electrons. The van der Waals surface area contributed by atoms with Crippen molar-refractivity contribution in [2.24, 2.45) is 0 Å². The molecule has 0 aliphatic heterocycles. The zero-order chi connectivity index (χ0) is 19.2. The molecule has 0 heterocycles. The average molecular weight is 402 g/mol. The second-order valence-corrected chi connectivity index (χ2v) is 7.02. The number of anilines is 1. The summed E-state index contributed by atoms with van der Waals surface area (Å²) in [6.07, 6.45) is 0.